The predicted molar refractivity (Wildman–Crippen MR) is 140 cm³/mol. The molecule has 0 spiro atoms. The van der Waals surface area contributed by atoms with Gasteiger partial charge in [0, 0.05) is 22.3 Å². The van der Waals surface area contributed by atoms with Gasteiger partial charge in [0.25, 0.3) is 5.24 Å². The van der Waals surface area contributed by atoms with Crippen molar-refractivity contribution in [3.8, 4) is 16.9 Å². The third-order valence-electron chi connectivity index (χ3n) is 5.22. The Morgan fingerprint density at radius 3 is 2.30 bits per heavy atom. The molecular formula is C26H18ClN3OS2. The number of amides is 1. The van der Waals surface area contributed by atoms with Crippen LogP contribution in [0.15, 0.2) is 96.0 Å². The summed E-state index contributed by atoms with van der Waals surface area (Å²) in [6.07, 6.45) is 3.91. The molecule has 0 N–H and O–H groups in total. The zero-order chi connectivity index (χ0) is 22.8. The monoisotopic (exact) mass is 487 g/mol. The van der Waals surface area contributed by atoms with E-state index in [1.54, 1.807) is 4.90 Å². The third-order valence-corrected chi connectivity index (χ3v) is 6.97. The van der Waals surface area contributed by atoms with Gasteiger partial charge in [0.2, 0.25) is 0 Å². The van der Waals surface area contributed by atoms with Crippen molar-refractivity contribution in [2.24, 2.45) is 0 Å². The van der Waals surface area contributed by atoms with Gasteiger partial charge in [-0.3, -0.25) is 9.69 Å². The summed E-state index contributed by atoms with van der Waals surface area (Å²) in [6, 6.07) is 27.3. The number of hydrogen-bond donors (Lipinski definition) is 0. The molecule has 33 heavy (non-hydrogen) atoms. The Labute approximate surface area is 206 Å². The molecule has 5 rings (SSSR count). The van der Waals surface area contributed by atoms with Gasteiger partial charge in [-0.15, -0.1) is 0 Å². The maximum absolute atomic E-state index is 12.7. The van der Waals surface area contributed by atoms with E-state index in [2.05, 4.69) is 0 Å². The maximum atomic E-state index is 12.7. The third kappa shape index (κ3) is 4.64. The van der Waals surface area contributed by atoms with Crippen LogP contribution in [-0.2, 0) is 6.54 Å². The number of thiocarbonyl (C=S) groups is 1. The number of rotatable bonds is 5. The average Bonchev–Trinajstić information content (AvgIpc) is 3.37. The van der Waals surface area contributed by atoms with Crippen molar-refractivity contribution in [3.05, 3.63) is 112 Å². The van der Waals surface area contributed by atoms with Gasteiger partial charge in [-0.25, -0.2) is 4.68 Å². The minimum atomic E-state index is -0.0707. The number of carbonyl (C=O) groups is 1. The van der Waals surface area contributed by atoms with E-state index in [0.29, 0.717) is 16.6 Å². The van der Waals surface area contributed by atoms with Crippen LogP contribution in [-0.4, -0.2) is 24.9 Å². The summed E-state index contributed by atoms with van der Waals surface area (Å²) in [4.78, 5) is 15.7. The van der Waals surface area contributed by atoms with E-state index in [4.69, 9.17) is 28.9 Å². The number of thioether (sulfide) groups is 1. The Morgan fingerprint density at radius 2 is 1.61 bits per heavy atom. The van der Waals surface area contributed by atoms with Gasteiger partial charge in [-0.2, -0.15) is 5.10 Å². The van der Waals surface area contributed by atoms with Crippen LogP contribution < -0.4 is 0 Å². The molecule has 0 aliphatic carbocycles. The summed E-state index contributed by atoms with van der Waals surface area (Å²) in [5, 5.41) is 5.42. The minimum Gasteiger partial charge on any atom is -0.288 e. The smallest absolute Gasteiger partial charge is 0.288 e. The van der Waals surface area contributed by atoms with Crippen LogP contribution in [0.2, 0.25) is 5.02 Å². The summed E-state index contributed by atoms with van der Waals surface area (Å²) < 4.78 is 1.84. The van der Waals surface area contributed by atoms with Crippen molar-refractivity contribution in [2.45, 2.75) is 6.54 Å². The molecule has 1 aliphatic rings. The SMILES string of the molecule is O=C1S/C(=C\c2cn(-c3ccccc3)nc2-c2ccc(Cl)cc2)C(=S)N1Cc1ccccc1. The number of benzene rings is 3. The fourth-order valence-corrected chi connectivity index (χ4v) is 4.93. The number of carbonyl (C=O) groups excluding carboxylic acids is 1. The largest absolute Gasteiger partial charge is 0.291 e. The van der Waals surface area contributed by atoms with Crippen LogP contribution in [0.25, 0.3) is 23.0 Å². The van der Waals surface area contributed by atoms with Crippen molar-refractivity contribution in [1.29, 1.82) is 0 Å². The molecule has 2 heterocycles. The maximum Gasteiger partial charge on any atom is 0.291 e. The minimum absolute atomic E-state index is 0.0707. The molecule has 4 aromatic rings. The second-order valence-electron chi connectivity index (χ2n) is 7.47. The van der Waals surface area contributed by atoms with Crippen molar-refractivity contribution in [3.63, 3.8) is 0 Å². The first-order valence-corrected chi connectivity index (χ1v) is 11.9. The van der Waals surface area contributed by atoms with E-state index in [-0.39, 0.29) is 5.24 Å². The molecule has 4 nitrogen and oxygen atoms in total. The Hall–Kier alpha value is -3.19. The van der Waals surface area contributed by atoms with Gasteiger partial charge in [-0.1, -0.05) is 84.5 Å². The zero-order valence-corrected chi connectivity index (χ0v) is 19.8. The molecule has 0 atom stereocenters. The summed E-state index contributed by atoms with van der Waals surface area (Å²) in [7, 11) is 0. The summed E-state index contributed by atoms with van der Waals surface area (Å²) >= 11 is 12.9. The lowest BCUT2D eigenvalue weighted by Crippen LogP contribution is -2.26. The highest BCUT2D eigenvalue weighted by Gasteiger charge is 2.32. The van der Waals surface area contributed by atoms with Gasteiger partial charge >= 0.3 is 0 Å². The first kappa shape index (κ1) is 21.6. The first-order chi connectivity index (χ1) is 16.1. The first-order valence-electron chi connectivity index (χ1n) is 10.3. The highest BCUT2D eigenvalue weighted by Crippen LogP contribution is 2.36. The van der Waals surface area contributed by atoms with Crippen LogP contribution in [0.1, 0.15) is 11.1 Å². The number of nitrogens with zero attached hydrogens (tertiary/aromatic N) is 3. The molecular weight excluding hydrogens is 470 g/mol. The van der Waals surface area contributed by atoms with Crippen LogP contribution in [0.3, 0.4) is 0 Å². The number of hydrogen-bond acceptors (Lipinski definition) is 4. The molecule has 1 aliphatic heterocycles. The standard InChI is InChI=1S/C26H18ClN3OS2/c27-21-13-11-19(12-14-21)24-20(17-30(28-24)22-9-5-2-6-10-22)15-23-25(32)29(26(31)33-23)16-18-7-3-1-4-8-18/h1-15,17H,16H2/b23-15-. The lowest BCUT2D eigenvalue weighted by molar-refractivity contribution is 0.244. The average molecular weight is 488 g/mol. The zero-order valence-electron chi connectivity index (χ0n) is 17.4. The number of aromatic nitrogens is 2. The molecule has 1 aromatic heterocycles. The molecule has 0 bridgehead atoms. The highest BCUT2D eigenvalue weighted by atomic mass is 35.5. The quantitative estimate of drug-likeness (QED) is 0.220. The second kappa shape index (κ2) is 9.35. The van der Waals surface area contributed by atoms with E-state index >= 15 is 0 Å². The molecule has 162 valence electrons. The van der Waals surface area contributed by atoms with E-state index < -0.39 is 0 Å². The molecule has 3 aromatic carbocycles. The van der Waals surface area contributed by atoms with E-state index in [0.717, 1.165) is 44.7 Å². The van der Waals surface area contributed by atoms with E-state index in [1.165, 1.54) is 0 Å². The van der Waals surface area contributed by atoms with Gasteiger partial charge in [0.15, 0.2) is 0 Å². The molecule has 1 saturated heterocycles. The molecule has 0 saturated carbocycles. The molecule has 0 unspecified atom stereocenters. The Morgan fingerprint density at radius 1 is 0.939 bits per heavy atom. The van der Waals surface area contributed by atoms with Crippen molar-refractivity contribution in [2.75, 3.05) is 0 Å². The molecule has 1 amide bonds. The lowest BCUT2D eigenvalue weighted by atomic mass is 10.1. The van der Waals surface area contributed by atoms with Crippen LogP contribution in [0.4, 0.5) is 4.79 Å². The summed E-state index contributed by atoms with van der Waals surface area (Å²) in [6.45, 7) is 0.455. The molecule has 7 heteroatoms. The normalized spacial score (nSPS) is 14.9. The van der Waals surface area contributed by atoms with E-state index in [1.807, 2.05) is 102 Å². The molecule has 0 radical (unpaired) electrons. The van der Waals surface area contributed by atoms with Crippen molar-refractivity contribution >= 4 is 51.9 Å². The number of para-hydroxylation sites is 1. The number of halogens is 1. The second-order valence-corrected chi connectivity index (χ2v) is 9.29. The van der Waals surface area contributed by atoms with Gasteiger partial charge in [0.05, 0.1) is 22.8 Å². The van der Waals surface area contributed by atoms with Gasteiger partial charge in [0.1, 0.15) is 4.99 Å². The Balaban J connectivity index is 1.53. The van der Waals surface area contributed by atoms with Crippen molar-refractivity contribution in [1.82, 2.24) is 14.7 Å². The lowest BCUT2D eigenvalue weighted by Gasteiger charge is -2.14. The van der Waals surface area contributed by atoms with Crippen LogP contribution >= 0.6 is 35.6 Å². The van der Waals surface area contributed by atoms with Crippen LogP contribution in [0.5, 0.6) is 0 Å². The van der Waals surface area contributed by atoms with Gasteiger partial charge in [-0.05, 0) is 47.7 Å². The van der Waals surface area contributed by atoms with E-state index in [9.17, 15) is 4.79 Å². The van der Waals surface area contributed by atoms with Gasteiger partial charge < -0.3 is 0 Å². The fraction of sp³-hybridized carbons (Fsp3) is 0.0385. The summed E-state index contributed by atoms with van der Waals surface area (Å²) in [5.41, 5.74) is 4.58. The highest BCUT2D eigenvalue weighted by molar-refractivity contribution is 8.19. The van der Waals surface area contributed by atoms with Crippen molar-refractivity contribution < 1.29 is 4.79 Å². The topological polar surface area (TPSA) is 38.1 Å². The Kier molecular flexibility index (Phi) is 6.13. The predicted octanol–water partition coefficient (Wildman–Crippen LogP) is 7.23. The molecule has 1 fully saturated rings. The summed E-state index contributed by atoms with van der Waals surface area (Å²) in [5.74, 6) is 0. The Bertz CT molecular complexity index is 1350. The fourth-order valence-electron chi connectivity index (χ4n) is 3.58. The van der Waals surface area contributed by atoms with Crippen LogP contribution in [0, 0.1) is 0 Å².